The molecule has 2 aliphatic heterocycles. The maximum Gasteiger partial charge on any atom is 0.408 e. The molecule has 2 fully saturated rings. The van der Waals surface area contributed by atoms with Crippen LogP contribution in [0, 0.1) is 11.8 Å². The number of alkyl carbamates (subject to hydrolysis) is 1. The highest BCUT2D eigenvalue weighted by Crippen LogP contribution is 2.45. The van der Waals surface area contributed by atoms with E-state index in [0.29, 0.717) is 44.7 Å². The lowest BCUT2D eigenvalue weighted by Crippen LogP contribution is -2.58. The minimum atomic E-state index is -0.964. The highest BCUT2D eigenvalue weighted by Gasteiger charge is 2.60. The molecule has 3 aliphatic rings. The number of amides is 4. The molecule has 1 saturated carbocycles. The number of nitrogens with zero attached hydrogens (tertiary/aromatic N) is 1. The van der Waals surface area contributed by atoms with E-state index in [0.717, 1.165) is 25.7 Å². The van der Waals surface area contributed by atoms with Gasteiger partial charge in [0, 0.05) is 19.0 Å². The third kappa shape index (κ3) is 7.23. The number of rotatable bonds is 4. The van der Waals surface area contributed by atoms with Gasteiger partial charge in [-0.05, 0) is 65.2 Å². The largest absolute Gasteiger partial charge is 0.444 e. The fourth-order valence-corrected chi connectivity index (χ4v) is 5.00. The Morgan fingerprint density at radius 1 is 1.17 bits per heavy atom. The van der Waals surface area contributed by atoms with Gasteiger partial charge in [0.25, 0.3) is 0 Å². The number of hydrogen-bond acceptors (Lipinski definition) is 5. The topological polar surface area (TPSA) is 117 Å². The van der Waals surface area contributed by atoms with Crippen molar-refractivity contribution in [3.8, 4) is 0 Å². The van der Waals surface area contributed by atoms with Crippen LogP contribution in [0.15, 0.2) is 12.2 Å². The summed E-state index contributed by atoms with van der Waals surface area (Å²) in [4.78, 5) is 54.2. The summed E-state index contributed by atoms with van der Waals surface area (Å²) in [6, 6.07) is -1.42. The van der Waals surface area contributed by atoms with Crippen molar-refractivity contribution < 1.29 is 23.9 Å². The fraction of sp³-hybridized carbons (Fsp3) is 0.778. The van der Waals surface area contributed by atoms with Crippen LogP contribution < -0.4 is 16.0 Å². The molecule has 0 aromatic rings. The molecular formula is C27H44N4O5. The molecule has 36 heavy (non-hydrogen) atoms. The highest BCUT2D eigenvalue weighted by molar-refractivity contribution is 5.98. The Bertz CT molecular complexity index is 865. The second kappa shape index (κ2) is 11.6. The lowest BCUT2D eigenvalue weighted by Gasteiger charge is -2.30. The standard InChI is InChI=1S/C27H44N4O5/c1-18(2)17-28-24(34)27-16-19(27)12-9-7-6-8-10-13-20(29-25(35)36-26(3,4)5)23(33)31-15-11-14-21(31)22(32)30-27/h9,12,18-21H,6-8,10-11,13-17H2,1-5H3,(H,28,34)(H,29,35)(H,30,32)/b12-9-/t19-,20-,21-,27+/m0/s1. The van der Waals surface area contributed by atoms with Crippen LogP contribution in [0.5, 0.6) is 0 Å². The molecule has 9 nitrogen and oxygen atoms in total. The predicted molar refractivity (Wildman–Crippen MR) is 137 cm³/mol. The molecule has 2 heterocycles. The lowest BCUT2D eigenvalue weighted by atomic mass is 10.0. The summed E-state index contributed by atoms with van der Waals surface area (Å²) >= 11 is 0. The summed E-state index contributed by atoms with van der Waals surface area (Å²) in [7, 11) is 0. The first-order valence-corrected chi connectivity index (χ1v) is 13.5. The predicted octanol–water partition coefficient (Wildman–Crippen LogP) is 3.04. The number of ether oxygens (including phenoxy) is 1. The van der Waals surface area contributed by atoms with Crippen LogP contribution in [0.25, 0.3) is 0 Å². The van der Waals surface area contributed by atoms with Crippen molar-refractivity contribution in [1.82, 2.24) is 20.9 Å². The van der Waals surface area contributed by atoms with Crippen LogP contribution >= 0.6 is 0 Å². The molecule has 0 spiro atoms. The van der Waals surface area contributed by atoms with Crippen molar-refractivity contribution >= 4 is 23.8 Å². The maximum atomic E-state index is 13.6. The fourth-order valence-electron chi connectivity index (χ4n) is 5.00. The Kier molecular flexibility index (Phi) is 9.06. The van der Waals surface area contributed by atoms with Crippen LogP contribution in [0.3, 0.4) is 0 Å². The van der Waals surface area contributed by atoms with Gasteiger partial charge >= 0.3 is 6.09 Å². The van der Waals surface area contributed by atoms with Gasteiger partial charge in [-0.15, -0.1) is 0 Å². The van der Waals surface area contributed by atoms with E-state index in [2.05, 4.69) is 28.1 Å². The van der Waals surface area contributed by atoms with Crippen molar-refractivity contribution in [2.24, 2.45) is 11.8 Å². The van der Waals surface area contributed by atoms with Crippen LogP contribution in [0.1, 0.15) is 86.0 Å². The Hall–Kier alpha value is -2.58. The van der Waals surface area contributed by atoms with Crippen molar-refractivity contribution in [1.29, 1.82) is 0 Å². The van der Waals surface area contributed by atoms with E-state index in [-0.39, 0.29) is 23.6 Å². The zero-order valence-electron chi connectivity index (χ0n) is 22.5. The molecule has 4 amide bonds. The summed E-state index contributed by atoms with van der Waals surface area (Å²) in [5.74, 6) is -0.484. The van der Waals surface area contributed by atoms with Gasteiger partial charge in [0.1, 0.15) is 23.2 Å². The molecule has 0 aromatic heterocycles. The monoisotopic (exact) mass is 504 g/mol. The highest BCUT2D eigenvalue weighted by atomic mass is 16.6. The van der Waals surface area contributed by atoms with E-state index in [4.69, 9.17) is 4.74 Å². The van der Waals surface area contributed by atoms with Crippen LogP contribution in [0.4, 0.5) is 4.79 Å². The number of fused-ring (bicyclic) bond motifs is 2. The molecule has 0 unspecified atom stereocenters. The maximum absolute atomic E-state index is 13.6. The van der Waals surface area contributed by atoms with Gasteiger partial charge in [0.2, 0.25) is 17.7 Å². The Morgan fingerprint density at radius 2 is 1.92 bits per heavy atom. The second-order valence-corrected chi connectivity index (χ2v) is 11.8. The SMILES string of the molecule is CC(C)CNC(=O)[C@@]12C[C@@H]1/C=C\CCCCC[C@H](NC(=O)OC(C)(C)C)C(=O)N1CCC[C@H]1C(=O)N2. The van der Waals surface area contributed by atoms with Crippen molar-refractivity contribution in [3.05, 3.63) is 12.2 Å². The summed E-state index contributed by atoms with van der Waals surface area (Å²) in [6.07, 6.45) is 9.27. The van der Waals surface area contributed by atoms with Gasteiger partial charge in [-0.1, -0.05) is 38.8 Å². The molecule has 0 aromatic carbocycles. The number of hydrogen-bond donors (Lipinski definition) is 3. The molecule has 3 N–H and O–H groups in total. The van der Waals surface area contributed by atoms with Gasteiger partial charge < -0.3 is 25.6 Å². The molecule has 1 saturated heterocycles. The summed E-state index contributed by atoms with van der Waals surface area (Å²) < 4.78 is 5.39. The van der Waals surface area contributed by atoms with Gasteiger partial charge in [0.15, 0.2) is 0 Å². The van der Waals surface area contributed by atoms with Crippen molar-refractivity contribution in [2.75, 3.05) is 13.1 Å². The summed E-state index contributed by atoms with van der Waals surface area (Å²) in [6.45, 7) is 10.4. The van der Waals surface area contributed by atoms with Crippen LogP contribution in [-0.2, 0) is 19.1 Å². The van der Waals surface area contributed by atoms with E-state index >= 15 is 0 Å². The Morgan fingerprint density at radius 3 is 2.61 bits per heavy atom. The lowest BCUT2D eigenvalue weighted by molar-refractivity contribution is -0.141. The van der Waals surface area contributed by atoms with Crippen molar-refractivity contribution in [3.63, 3.8) is 0 Å². The van der Waals surface area contributed by atoms with E-state index in [1.807, 2.05) is 13.8 Å². The molecule has 1 aliphatic carbocycles. The molecular weight excluding hydrogens is 460 g/mol. The van der Waals surface area contributed by atoms with E-state index in [1.54, 1.807) is 25.7 Å². The minimum Gasteiger partial charge on any atom is -0.444 e. The number of carbonyl (C=O) groups excluding carboxylic acids is 4. The summed E-state index contributed by atoms with van der Waals surface area (Å²) in [5, 5.41) is 8.77. The molecule has 3 rings (SSSR count). The molecule has 0 radical (unpaired) electrons. The Balaban J connectivity index is 1.80. The number of nitrogens with one attached hydrogen (secondary N) is 3. The number of allylic oxidation sites excluding steroid dienone is 1. The zero-order chi connectivity index (χ0) is 26.5. The summed E-state index contributed by atoms with van der Waals surface area (Å²) in [5.41, 5.74) is -1.64. The normalized spacial score (nSPS) is 30.3. The zero-order valence-corrected chi connectivity index (χ0v) is 22.5. The van der Waals surface area contributed by atoms with E-state index in [9.17, 15) is 19.2 Å². The van der Waals surface area contributed by atoms with Crippen LogP contribution in [-0.4, -0.2) is 65.0 Å². The average molecular weight is 505 g/mol. The first-order chi connectivity index (χ1) is 16.9. The van der Waals surface area contributed by atoms with Gasteiger partial charge in [-0.25, -0.2) is 4.79 Å². The molecule has 202 valence electrons. The molecule has 0 bridgehead atoms. The average Bonchev–Trinajstić information content (AvgIpc) is 3.24. The third-order valence-corrected chi connectivity index (χ3v) is 7.00. The van der Waals surface area contributed by atoms with E-state index < -0.39 is 29.3 Å². The second-order valence-electron chi connectivity index (χ2n) is 11.8. The van der Waals surface area contributed by atoms with Crippen molar-refractivity contribution in [2.45, 2.75) is 109 Å². The van der Waals surface area contributed by atoms with Crippen LogP contribution in [0.2, 0.25) is 0 Å². The van der Waals surface area contributed by atoms with Gasteiger partial charge in [-0.3, -0.25) is 14.4 Å². The molecule has 4 atom stereocenters. The van der Waals surface area contributed by atoms with E-state index in [1.165, 1.54) is 0 Å². The smallest absolute Gasteiger partial charge is 0.408 e. The number of carbonyl (C=O) groups is 4. The van der Waals surface area contributed by atoms with Gasteiger partial charge in [-0.2, -0.15) is 0 Å². The third-order valence-electron chi connectivity index (χ3n) is 7.00. The first-order valence-electron chi connectivity index (χ1n) is 13.5. The molecule has 9 heteroatoms. The first kappa shape index (κ1) is 28.0. The minimum absolute atomic E-state index is 0.0501. The Labute approximate surface area is 215 Å². The van der Waals surface area contributed by atoms with Gasteiger partial charge in [0.05, 0.1) is 0 Å². The quantitative estimate of drug-likeness (QED) is 0.509.